The summed E-state index contributed by atoms with van der Waals surface area (Å²) in [5.41, 5.74) is 3.55. The van der Waals surface area contributed by atoms with Crippen molar-refractivity contribution in [3.63, 3.8) is 0 Å². The molecule has 0 radical (unpaired) electrons. The van der Waals surface area contributed by atoms with Gasteiger partial charge in [0, 0.05) is 43.6 Å². The van der Waals surface area contributed by atoms with Crippen LogP contribution < -0.4 is 15.0 Å². The maximum Gasteiger partial charge on any atom is 0.322 e. The summed E-state index contributed by atoms with van der Waals surface area (Å²) in [5, 5.41) is 12.6. The maximum absolute atomic E-state index is 12.7. The number of urea groups is 1. The van der Waals surface area contributed by atoms with Gasteiger partial charge in [-0.05, 0) is 37.1 Å². The minimum absolute atomic E-state index is 0.156. The average molecular weight is 370 g/mol. The van der Waals surface area contributed by atoms with Gasteiger partial charge in [0.2, 0.25) is 5.88 Å². The fourth-order valence-electron chi connectivity index (χ4n) is 3.28. The van der Waals surface area contributed by atoms with Crippen molar-refractivity contribution >= 4 is 17.4 Å². The van der Waals surface area contributed by atoms with E-state index in [1.54, 1.807) is 24.1 Å². The van der Waals surface area contributed by atoms with Crippen molar-refractivity contribution in [1.82, 2.24) is 9.88 Å². The molecule has 0 unspecified atom stereocenters. The number of piperazine rings is 1. The summed E-state index contributed by atoms with van der Waals surface area (Å²) in [6.07, 6.45) is 0.842. The largest absolute Gasteiger partial charge is 0.508 e. The second kappa shape index (κ2) is 8.16. The first kappa shape index (κ1) is 18.8. The molecule has 2 aromatic rings. The summed E-state index contributed by atoms with van der Waals surface area (Å²) in [7, 11) is 1.55. The molecule has 144 valence electrons. The highest BCUT2D eigenvalue weighted by molar-refractivity contribution is 5.91. The summed E-state index contributed by atoms with van der Waals surface area (Å²) < 4.78 is 5.32. The number of aromatic nitrogens is 1. The molecule has 0 atom stereocenters. The highest BCUT2D eigenvalue weighted by Gasteiger charge is 2.23. The van der Waals surface area contributed by atoms with Gasteiger partial charge < -0.3 is 25.0 Å². The van der Waals surface area contributed by atoms with E-state index in [0.29, 0.717) is 37.7 Å². The topological polar surface area (TPSA) is 77.9 Å². The van der Waals surface area contributed by atoms with Crippen molar-refractivity contribution in [3.05, 3.63) is 41.6 Å². The van der Waals surface area contributed by atoms with Crippen molar-refractivity contribution in [3.8, 4) is 11.6 Å². The number of carbonyl (C=O) groups excluding carboxylic acids is 1. The predicted molar refractivity (Wildman–Crippen MR) is 106 cm³/mol. The summed E-state index contributed by atoms with van der Waals surface area (Å²) in [6, 6.07) is 8.96. The third-order valence-corrected chi connectivity index (χ3v) is 4.86. The van der Waals surface area contributed by atoms with Gasteiger partial charge in [-0.2, -0.15) is 0 Å². The van der Waals surface area contributed by atoms with Crippen molar-refractivity contribution in [2.45, 2.75) is 20.3 Å². The van der Waals surface area contributed by atoms with Gasteiger partial charge in [-0.15, -0.1) is 0 Å². The SMILES string of the molecule is CCc1cc(NC(=O)N2CCN(c3cccc(O)c3)CC2)c(OC)nc1C. The standard InChI is InChI=1S/C20H26N4O3/c1-4-15-12-18(19(27-3)21-14(15)2)22-20(26)24-10-8-23(9-11-24)16-6-5-7-17(25)13-16/h5-7,12-13,25H,4,8-11H2,1-3H3,(H,22,26). The molecule has 1 aliphatic rings. The second-order valence-corrected chi connectivity index (χ2v) is 6.57. The van der Waals surface area contributed by atoms with Gasteiger partial charge in [0.15, 0.2) is 0 Å². The Morgan fingerprint density at radius 3 is 2.63 bits per heavy atom. The Morgan fingerprint density at radius 1 is 1.26 bits per heavy atom. The van der Waals surface area contributed by atoms with Crippen molar-refractivity contribution < 1.29 is 14.6 Å². The lowest BCUT2D eigenvalue weighted by atomic mass is 10.1. The van der Waals surface area contributed by atoms with Gasteiger partial charge in [0.25, 0.3) is 0 Å². The number of nitrogens with zero attached hydrogens (tertiary/aromatic N) is 3. The number of phenols is 1. The Bertz CT molecular complexity index is 817. The van der Waals surface area contributed by atoms with Gasteiger partial charge in [-0.3, -0.25) is 0 Å². The molecule has 0 saturated carbocycles. The number of ether oxygens (including phenoxy) is 1. The van der Waals surface area contributed by atoms with E-state index in [1.807, 2.05) is 25.1 Å². The zero-order chi connectivity index (χ0) is 19.4. The number of hydrogen-bond donors (Lipinski definition) is 2. The predicted octanol–water partition coefficient (Wildman–Crippen LogP) is 3.02. The number of hydrogen-bond acceptors (Lipinski definition) is 5. The highest BCUT2D eigenvalue weighted by atomic mass is 16.5. The number of rotatable bonds is 4. The number of aryl methyl sites for hydroxylation is 2. The molecule has 0 spiro atoms. The van der Waals surface area contributed by atoms with Crippen LogP contribution >= 0.6 is 0 Å². The molecule has 1 aliphatic heterocycles. The van der Waals surface area contributed by atoms with Crippen LogP contribution in [0.3, 0.4) is 0 Å². The molecule has 7 heteroatoms. The van der Waals surface area contributed by atoms with Gasteiger partial charge >= 0.3 is 6.03 Å². The summed E-state index contributed by atoms with van der Waals surface area (Å²) in [6.45, 7) is 6.62. The van der Waals surface area contributed by atoms with E-state index < -0.39 is 0 Å². The smallest absolute Gasteiger partial charge is 0.322 e. The Kier molecular flexibility index (Phi) is 5.69. The maximum atomic E-state index is 12.7. The molecule has 1 fully saturated rings. The summed E-state index contributed by atoms with van der Waals surface area (Å²) in [5.74, 6) is 0.676. The minimum Gasteiger partial charge on any atom is -0.508 e. The number of carbonyl (C=O) groups is 1. The van der Waals surface area contributed by atoms with E-state index in [9.17, 15) is 9.90 Å². The van der Waals surface area contributed by atoms with Crippen LogP contribution in [0.25, 0.3) is 0 Å². The summed E-state index contributed by atoms with van der Waals surface area (Å²) in [4.78, 5) is 21.1. The Morgan fingerprint density at radius 2 is 2.00 bits per heavy atom. The van der Waals surface area contributed by atoms with Gasteiger partial charge in [-0.25, -0.2) is 9.78 Å². The number of aromatic hydroxyl groups is 1. The van der Waals surface area contributed by atoms with Crippen LogP contribution in [0.4, 0.5) is 16.2 Å². The zero-order valence-corrected chi connectivity index (χ0v) is 16.0. The van der Waals surface area contributed by atoms with Crippen molar-refractivity contribution in [2.24, 2.45) is 0 Å². The van der Waals surface area contributed by atoms with E-state index in [0.717, 1.165) is 23.4 Å². The molecular weight excluding hydrogens is 344 g/mol. The molecular formula is C20H26N4O3. The lowest BCUT2D eigenvalue weighted by molar-refractivity contribution is 0.208. The third kappa shape index (κ3) is 4.24. The normalized spacial score (nSPS) is 14.2. The third-order valence-electron chi connectivity index (χ3n) is 4.86. The fourth-order valence-corrected chi connectivity index (χ4v) is 3.28. The minimum atomic E-state index is -0.156. The molecule has 1 aromatic carbocycles. The Labute approximate surface area is 159 Å². The van der Waals surface area contributed by atoms with E-state index in [-0.39, 0.29) is 11.8 Å². The van der Waals surface area contributed by atoms with Crippen molar-refractivity contribution in [1.29, 1.82) is 0 Å². The molecule has 2 heterocycles. The van der Waals surface area contributed by atoms with Crippen molar-refractivity contribution in [2.75, 3.05) is 43.5 Å². The second-order valence-electron chi connectivity index (χ2n) is 6.57. The molecule has 1 aromatic heterocycles. The van der Waals surface area contributed by atoms with Gasteiger partial charge in [-0.1, -0.05) is 13.0 Å². The number of methoxy groups -OCH3 is 1. The molecule has 0 aliphatic carbocycles. The Hall–Kier alpha value is -2.96. The van der Waals surface area contributed by atoms with Crippen LogP contribution in [0.2, 0.25) is 0 Å². The van der Waals surface area contributed by atoms with Crippen LogP contribution in [0, 0.1) is 6.92 Å². The molecule has 2 amide bonds. The molecule has 7 nitrogen and oxygen atoms in total. The van der Waals surface area contributed by atoms with E-state index >= 15 is 0 Å². The van der Waals surface area contributed by atoms with E-state index in [2.05, 4.69) is 22.1 Å². The van der Waals surface area contributed by atoms with Crippen LogP contribution in [0.1, 0.15) is 18.2 Å². The number of pyridine rings is 1. The molecule has 0 bridgehead atoms. The fraction of sp³-hybridized carbons (Fsp3) is 0.400. The van der Waals surface area contributed by atoms with E-state index in [1.165, 1.54) is 0 Å². The number of phenolic OH excluding ortho intramolecular Hbond substituents is 1. The first-order valence-electron chi connectivity index (χ1n) is 9.16. The first-order chi connectivity index (χ1) is 13.0. The number of nitrogens with one attached hydrogen (secondary N) is 1. The molecule has 1 saturated heterocycles. The van der Waals surface area contributed by atoms with Crippen LogP contribution in [-0.4, -0.2) is 54.3 Å². The van der Waals surface area contributed by atoms with Crippen LogP contribution in [0.15, 0.2) is 30.3 Å². The molecule has 27 heavy (non-hydrogen) atoms. The lowest BCUT2D eigenvalue weighted by Gasteiger charge is -2.36. The molecule has 2 N–H and O–H groups in total. The zero-order valence-electron chi connectivity index (χ0n) is 16.0. The number of amides is 2. The number of benzene rings is 1. The van der Waals surface area contributed by atoms with Crippen LogP contribution in [0.5, 0.6) is 11.6 Å². The average Bonchev–Trinajstić information content (AvgIpc) is 2.69. The van der Waals surface area contributed by atoms with E-state index in [4.69, 9.17) is 4.74 Å². The van der Waals surface area contributed by atoms with Crippen LogP contribution in [-0.2, 0) is 6.42 Å². The lowest BCUT2D eigenvalue weighted by Crippen LogP contribution is -2.50. The van der Waals surface area contributed by atoms with Gasteiger partial charge in [0.05, 0.1) is 7.11 Å². The number of anilines is 2. The Balaban J connectivity index is 1.65. The van der Waals surface area contributed by atoms with Gasteiger partial charge in [0.1, 0.15) is 11.4 Å². The first-order valence-corrected chi connectivity index (χ1v) is 9.16. The molecule has 3 rings (SSSR count). The highest BCUT2D eigenvalue weighted by Crippen LogP contribution is 2.26. The quantitative estimate of drug-likeness (QED) is 0.865. The summed E-state index contributed by atoms with van der Waals surface area (Å²) >= 11 is 0. The monoisotopic (exact) mass is 370 g/mol.